The van der Waals surface area contributed by atoms with Crippen molar-refractivity contribution >= 4 is 15.7 Å². The maximum Gasteiger partial charge on any atom is 0.234 e. The van der Waals surface area contributed by atoms with E-state index >= 15 is 0 Å². The van der Waals surface area contributed by atoms with Gasteiger partial charge in [0.25, 0.3) is 0 Å². The lowest BCUT2D eigenvalue weighted by Crippen LogP contribution is -2.44. The van der Waals surface area contributed by atoms with Crippen LogP contribution in [0.1, 0.15) is 40.0 Å². The number of rotatable bonds is 6. The number of carbonyl (C=O) groups is 1. The summed E-state index contributed by atoms with van der Waals surface area (Å²) in [6, 6.07) is -0.207. The van der Waals surface area contributed by atoms with Gasteiger partial charge in [-0.2, -0.15) is 0 Å². The largest absolute Gasteiger partial charge is 0.351 e. The fraction of sp³-hybridized carbons (Fsp3) is 0.824. The van der Waals surface area contributed by atoms with Crippen molar-refractivity contribution in [3.05, 3.63) is 11.6 Å². The monoisotopic (exact) mass is 342 g/mol. The van der Waals surface area contributed by atoms with Gasteiger partial charge in [0, 0.05) is 12.6 Å². The predicted molar refractivity (Wildman–Crippen MR) is 93.0 cm³/mol. The van der Waals surface area contributed by atoms with E-state index in [0.717, 1.165) is 19.5 Å². The molecule has 1 N–H and O–H groups in total. The maximum atomic E-state index is 12.2. The third-order valence-electron chi connectivity index (χ3n) is 5.23. The van der Waals surface area contributed by atoms with Crippen LogP contribution >= 0.6 is 0 Å². The molecule has 1 aliphatic carbocycles. The van der Waals surface area contributed by atoms with Gasteiger partial charge in [0.05, 0.1) is 18.1 Å². The fourth-order valence-electron chi connectivity index (χ4n) is 3.67. The van der Waals surface area contributed by atoms with E-state index in [4.69, 9.17) is 0 Å². The van der Waals surface area contributed by atoms with Gasteiger partial charge < -0.3 is 5.32 Å². The van der Waals surface area contributed by atoms with Gasteiger partial charge in [0.1, 0.15) is 0 Å². The number of nitrogens with one attached hydrogen (secondary N) is 1. The first-order valence-corrected chi connectivity index (χ1v) is 10.5. The van der Waals surface area contributed by atoms with E-state index in [9.17, 15) is 13.2 Å². The average Bonchev–Trinajstić information content (AvgIpc) is 2.80. The molecule has 0 bridgehead atoms. The summed E-state index contributed by atoms with van der Waals surface area (Å²) in [5.41, 5.74) is 1.43. The minimum Gasteiger partial charge on any atom is -0.351 e. The molecule has 0 aromatic heterocycles. The van der Waals surface area contributed by atoms with Crippen molar-refractivity contribution < 1.29 is 13.2 Å². The molecule has 2 aliphatic rings. The first-order valence-electron chi connectivity index (χ1n) is 8.69. The van der Waals surface area contributed by atoms with Gasteiger partial charge in [-0.15, -0.1) is 0 Å². The Labute approximate surface area is 140 Å². The molecule has 1 amide bonds. The molecular weight excluding hydrogens is 312 g/mol. The minimum absolute atomic E-state index is 0.0564. The molecule has 6 heteroatoms. The SMILES string of the molecule is CCN(CC(=O)NC1CCS(=O)(=O)C1)CC1C(C)=CCCC1C. The van der Waals surface area contributed by atoms with E-state index in [-0.39, 0.29) is 23.5 Å². The Hall–Kier alpha value is -0.880. The number of likely N-dealkylation sites (N-methyl/N-ethyl adjacent to an activating group) is 1. The van der Waals surface area contributed by atoms with Crippen LogP contribution in [-0.2, 0) is 14.6 Å². The van der Waals surface area contributed by atoms with Crippen molar-refractivity contribution in [3.8, 4) is 0 Å². The summed E-state index contributed by atoms with van der Waals surface area (Å²) in [5.74, 6) is 1.39. The third-order valence-corrected chi connectivity index (χ3v) is 6.99. The Kier molecular flexibility index (Phi) is 6.26. The van der Waals surface area contributed by atoms with Crippen molar-refractivity contribution in [2.24, 2.45) is 11.8 Å². The van der Waals surface area contributed by atoms with E-state index < -0.39 is 9.84 Å². The Balaban J connectivity index is 1.85. The highest BCUT2D eigenvalue weighted by molar-refractivity contribution is 7.91. The van der Waals surface area contributed by atoms with Gasteiger partial charge in [-0.05, 0) is 44.6 Å². The van der Waals surface area contributed by atoms with Crippen molar-refractivity contribution in [1.82, 2.24) is 10.2 Å². The second-order valence-electron chi connectivity index (χ2n) is 7.10. The molecule has 0 aromatic rings. The van der Waals surface area contributed by atoms with E-state index in [2.05, 4.69) is 37.1 Å². The summed E-state index contributed by atoms with van der Waals surface area (Å²) in [7, 11) is -2.95. The van der Waals surface area contributed by atoms with Crippen LogP contribution in [0.4, 0.5) is 0 Å². The van der Waals surface area contributed by atoms with Crippen molar-refractivity contribution in [3.63, 3.8) is 0 Å². The maximum absolute atomic E-state index is 12.2. The molecule has 0 spiro atoms. The van der Waals surface area contributed by atoms with E-state index in [1.165, 1.54) is 12.0 Å². The Morgan fingerprint density at radius 3 is 2.70 bits per heavy atom. The van der Waals surface area contributed by atoms with E-state index in [1.807, 2.05) is 0 Å². The Morgan fingerprint density at radius 1 is 1.39 bits per heavy atom. The molecule has 0 saturated carbocycles. The highest BCUT2D eigenvalue weighted by atomic mass is 32.2. The van der Waals surface area contributed by atoms with Crippen molar-refractivity contribution in [2.45, 2.75) is 46.1 Å². The van der Waals surface area contributed by atoms with Crippen LogP contribution in [0.3, 0.4) is 0 Å². The summed E-state index contributed by atoms with van der Waals surface area (Å²) in [6.45, 7) is 8.63. The van der Waals surface area contributed by atoms with Crippen LogP contribution in [0, 0.1) is 11.8 Å². The van der Waals surface area contributed by atoms with Gasteiger partial charge in [-0.3, -0.25) is 9.69 Å². The van der Waals surface area contributed by atoms with Crippen LogP contribution < -0.4 is 5.32 Å². The van der Waals surface area contributed by atoms with Gasteiger partial charge in [-0.1, -0.05) is 25.5 Å². The molecule has 1 aliphatic heterocycles. The smallest absolute Gasteiger partial charge is 0.234 e. The summed E-state index contributed by atoms with van der Waals surface area (Å²) >= 11 is 0. The van der Waals surface area contributed by atoms with Crippen molar-refractivity contribution in [1.29, 1.82) is 0 Å². The second-order valence-corrected chi connectivity index (χ2v) is 9.33. The van der Waals surface area contributed by atoms with E-state index in [0.29, 0.717) is 24.8 Å². The average molecular weight is 343 g/mol. The standard InChI is InChI=1S/C17H30N2O3S/c1-4-19(10-16-13(2)6-5-7-14(16)3)11-17(20)18-15-8-9-23(21,22)12-15/h6,14-16H,4-5,7-12H2,1-3H3,(H,18,20). The van der Waals surface area contributed by atoms with Crippen LogP contribution in [-0.4, -0.2) is 56.4 Å². The lowest BCUT2D eigenvalue weighted by molar-refractivity contribution is -0.122. The molecule has 1 heterocycles. The zero-order valence-corrected chi connectivity index (χ0v) is 15.4. The first kappa shape index (κ1) is 18.5. The molecule has 132 valence electrons. The molecule has 1 saturated heterocycles. The second kappa shape index (κ2) is 7.79. The lowest BCUT2D eigenvalue weighted by Gasteiger charge is -2.33. The van der Waals surface area contributed by atoms with Gasteiger partial charge >= 0.3 is 0 Å². The van der Waals surface area contributed by atoms with Crippen LogP contribution in [0.2, 0.25) is 0 Å². The molecule has 0 aromatic carbocycles. The van der Waals surface area contributed by atoms with Crippen LogP contribution in [0.5, 0.6) is 0 Å². The molecule has 3 atom stereocenters. The van der Waals surface area contributed by atoms with Gasteiger partial charge in [-0.25, -0.2) is 8.42 Å². The third kappa shape index (κ3) is 5.31. The summed E-state index contributed by atoms with van der Waals surface area (Å²) in [6.07, 6.45) is 5.24. The van der Waals surface area contributed by atoms with E-state index in [1.54, 1.807) is 0 Å². The first-order chi connectivity index (χ1) is 10.8. The molecule has 2 rings (SSSR count). The summed E-state index contributed by atoms with van der Waals surface area (Å²) in [4.78, 5) is 14.4. The molecule has 23 heavy (non-hydrogen) atoms. The number of hydrogen-bond acceptors (Lipinski definition) is 4. The number of carbonyl (C=O) groups excluding carboxylic acids is 1. The zero-order valence-electron chi connectivity index (χ0n) is 14.5. The lowest BCUT2D eigenvalue weighted by atomic mass is 9.80. The predicted octanol–water partition coefficient (Wildman–Crippen LogP) is 1.60. The molecule has 1 fully saturated rings. The zero-order chi connectivity index (χ0) is 17.0. The molecule has 5 nitrogen and oxygen atoms in total. The number of amides is 1. The highest BCUT2D eigenvalue weighted by Crippen LogP contribution is 2.30. The number of nitrogens with zero attached hydrogens (tertiary/aromatic N) is 1. The normalized spacial score (nSPS) is 30.3. The minimum atomic E-state index is -2.95. The van der Waals surface area contributed by atoms with Crippen LogP contribution in [0.15, 0.2) is 11.6 Å². The Morgan fingerprint density at radius 2 is 2.13 bits per heavy atom. The van der Waals surface area contributed by atoms with Crippen LogP contribution in [0.25, 0.3) is 0 Å². The Bertz CT molecular complexity index is 556. The number of sulfone groups is 1. The number of allylic oxidation sites excluding steroid dienone is 1. The van der Waals surface area contributed by atoms with Gasteiger partial charge in [0.2, 0.25) is 5.91 Å². The summed E-state index contributed by atoms with van der Waals surface area (Å²) < 4.78 is 22.9. The quantitative estimate of drug-likeness (QED) is 0.745. The van der Waals surface area contributed by atoms with Crippen molar-refractivity contribution in [2.75, 3.05) is 31.1 Å². The van der Waals surface area contributed by atoms with Gasteiger partial charge in [0.15, 0.2) is 9.84 Å². The molecule has 0 radical (unpaired) electrons. The highest BCUT2D eigenvalue weighted by Gasteiger charge is 2.30. The molecular formula is C17H30N2O3S. The molecule has 3 unspecified atom stereocenters. The summed E-state index contributed by atoms with van der Waals surface area (Å²) in [5, 5.41) is 2.88. The number of hydrogen-bond donors (Lipinski definition) is 1. The topological polar surface area (TPSA) is 66.5 Å². The fourth-order valence-corrected chi connectivity index (χ4v) is 5.34.